The van der Waals surface area contributed by atoms with E-state index in [9.17, 15) is 19.7 Å². The van der Waals surface area contributed by atoms with Crippen molar-refractivity contribution in [3.8, 4) is 0 Å². The molecule has 0 unspecified atom stereocenters. The molecule has 8 nitrogen and oxygen atoms in total. The van der Waals surface area contributed by atoms with E-state index >= 15 is 0 Å². The van der Waals surface area contributed by atoms with Crippen LogP contribution in [-0.2, 0) is 9.59 Å². The van der Waals surface area contributed by atoms with Gasteiger partial charge in [0, 0.05) is 47.1 Å². The first kappa shape index (κ1) is 19.7. The van der Waals surface area contributed by atoms with Crippen molar-refractivity contribution in [2.75, 3.05) is 16.8 Å². The zero-order chi connectivity index (χ0) is 22.4. The summed E-state index contributed by atoms with van der Waals surface area (Å²) in [4.78, 5) is 37.6. The van der Waals surface area contributed by atoms with Crippen LogP contribution in [-0.4, -0.2) is 23.3 Å². The van der Waals surface area contributed by atoms with Crippen LogP contribution in [0.15, 0.2) is 65.1 Å². The lowest BCUT2D eigenvalue weighted by Gasteiger charge is -2.17. The number of aryl methyl sites for hydroxylation is 1. The van der Waals surface area contributed by atoms with Crippen LogP contribution < -0.4 is 10.2 Å². The van der Waals surface area contributed by atoms with Crippen LogP contribution in [0.25, 0.3) is 21.9 Å². The number of rotatable bonds is 4. The third-order valence-corrected chi connectivity index (χ3v) is 5.84. The number of carbonyl (C=O) groups excluding carboxylic acids is 2. The summed E-state index contributed by atoms with van der Waals surface area (Å²) in [5.74, 6) is -1.08. The molecular formula is C24H19N3O5. The molecule has 0 spiro atoms. The number of nitrogens with zero attached hydrogens (tertiary/aromatic N) is 2. The first-order valence-electron chi connectivity index (χ1n) is 10.2. The highest BCUT2D eigenvalue weighted by atomic mass is 16.6. The molecule has 1 N–H and O–H groups in total. The molecule has 4 aromatic rings. The highest BCUT2D eigenvalue weighted by Crippen LogP contribution is 2.32. The number of nitrogens with one attached hydrogen (secondary N) is 1. The smallest absolute Gasteiger partial charge is 0.274 e. The number of furan rings is 1. The number of benzene rings is 3. The second-order valence-corrected chi connectivity index (χ2v) is 7.93. The van der Waals surface area contributed by atoms with Crippen molar-refractivity contribution >= 4 is 50.8 Å². The maximum atomic E-state index is 12.8. The number of fused-ring (bicyclic) bond motifs is 3. The Balaban J connectivity index is 1.34. The minimum atomic E-state index is -0.561. The van der Waals surface area contributed by atoms with Crippen LogP contribution >= 0.6 is 0 Å². The van der Waals surface area contributed by atoms with Gasteiger partial charge in [0.25, 0.3) is 5.69 Å². The van der Waals surface area contributed by atoms with E-state index in [1.807, 2.05) is 30.3 Å². The van der Waals surface area contributed by atoms with Crippen LogP contribution in [0.3, 0.4) is 0 Å². The third-order valence-electron chi connectivity index (χ3n) is 5.84. The molecule has 1 aromatic heterocycles. The summed E-state index contributed by atoms with van der Waals surface area (Å²) in [6.45, 7) is 1.81. The lowest BCUT2D eigenvalue weighted by Crippen LogP contribution is -2.28. The van der Waals surface area contributed by atoms with Crippen LogP contribution in [0.1, 0.15) is 12.0 Å². The first-order chi connectivity index (χ1) is 15.4. The van der Waals surface area contributed by atoms with Gasteiger partial charge in [0.15, 0.2) is 0 Å². The number of hydrogen-bond acceptors (Lipinski definition) is 5. The van der Waals surface area contributed by atoms with E-state index in [-0.39, 0.29) is 30.5 Å². The fraction of sp³-hybridized carbons (Fsp3) is 0.167. The number of para-hydroxylation sites is 1. The average Bonchev–Trinajstić information content (AvgIpc) is 3.34. The first-order valence-corrected chi connectivity index (χ1v) is 10.2. The van der Waals surface area contributed by atoms with Crippen molar-refractivity contribution in [2.45, 2.75) is 13.3 Å². The molecule has 8 heteroatoms. The van der Waals surface area contributed by atoms with Crippen molar-refractivity contribution in [2.24, 2.45) is 5.92 Å². The molecule has 32 heavy (non-hydrogen) atoms. The zero-order valence-electron chi connectivity index (χ0n) is 17.2. The van der Waals surface area contributed by atoms with Gasteiger partial charge in [-0.25, -0.2) is 0 Å². The summed E-state index contributed by atoms with van der Waals surface area (Å²) in [5.41, 5.74) is 2.91. The summed E-state index contributed by atoms with van der Waals surface area (Å²) < 4.78 is 5.86. The minimum absolute atomic E-state index is 0.0421. The highest BCUT2D eigenvalue weighted by Gasteiger charge is 2.35. The second kappa shape index (κ2) is 7.49. The number of carbonyl (C=O) groups is 2. The van der Waals surface area contributed by atoms with Gasteiger partial charge in [-0.1, -0.05) is 24.3 Å². The van der Waals surface area contributed by atoms with Gasteiger partial charge in [0.05, 0.1) is 16.5 Å². The summed E-state index contributed by atoms with van der Waals surface area (Å²) in [7, 11) is 0. The lowest BCUT2D eigenvalue weighted by atomic mass is 10.1. The van der Waals surface area contributed by atoms with Gasteiger partial charge in [-0.2, -0.15) is 0 Å². The minimum Gasteiger partial charge on any atom is -0.456 e. The highest BCUT2D eigenvalue weighted by molar-refractivity contribution is 6.07. The molecule has 3 aromatic carbocycles. The monoisotopic (exact) mass is 429 g/mol. The summed E-state index contributed by atoms with van der Waals surface area (Å²) in [5, 5.41) is 16.1. The van der Waals surface area contributed by atoms with Crippen molar-refractivity contribution < 1.29 is 18.9 Å². The molecule has 0 bridgehead atoms. The SMILES string of the molecule is Cc1ccc(N2C[C@@H](C(=O)Nc3ccc4c(c3)oc3ccccc34)CC2=O)cc1[N+](=O)[O-]. The maximum Gasteiger partial charge on any atom is 0.274 e. The summed E-state index contributed by atoms with van der Waals surface area (Å²) >= 11 is 0. The Morgan fingerprint density at radius 3 is 2.69 bits per heavy atom. The van der Waals surface area contributed by atoms with Gasteiger partial charge >= 0.3 is 0 Å². The van der Waals surface area contributed by atoms with E-state index in [4.69, 9.17) is 4.42 Å². The van der Waals surface area contributed by atoms with E-state index in [0.717, 1.165) is 16.4 Å². The molecule has 5 rings (SSSR count). The van der Waals surface area contributed by atoms with Gasteiger partial charge in [0.2, 0.25) is 11.8 Å². The Labute approximate surface area is 182 Å². The molecule has 0 saturated carbocycles. The fourth-order valence-corrected chi connectivity index (χ4v) is 4.14. The number of amides is 2. The molecule has 2 heterocycles. The molecule has 0 radical (unpaired) electrons. The van der Waals surface area contributed by atoms with E-state index in [2.05, 4.69) is 5.32 Å². The van der Waals surface area contributed by atoms with Gasteiger partial charge in [-0.3, -0.25) is 19.7 Å². The predicted octanol–water partition coefficient (Wildman–Crippen LogP) is 4.79. The Kier molecular flexibility index (Phi) is 4.62. The molecule has 2 amide bonds. The van der Waals surface area contributed by atoms with Crippen molar-refractivity contribution in [3.63, 3.8) is 0 Å². The Hall–Kier alpha value is -4.20. The van der Waals surface area contributed by atoms with Gasteiger partial charge in [0.1, 0.15) is 11.2 Å². The third kappa shape index (κ3) is 3.35. The second-order valence-electron chi connectivity index (χ2n) is 7.93. The Bertz CT molecular complexity index is 1410. The quantitative estimate of drug-likeness (QED) is 0.371. The fourth-order valence-electron chi connectivity index (χ4n) is 4.14. The van der Waals surface area contributed by atoms with Crippen LogP contribution in [0.2, 0.25) is 0 Å². The number of hydrogen-bond donors (Lipinski definition) is 1. The van der Waals surface area contributed by atoms with E-state index < -0.39 is 10.8 Å². The molecular weight excluding hydrogens is 410 g/mol. The standard InChI is InChI=1S/C24H19N3O5/c1-14-6-8-17(12-20(14)27(30)31)26-13-15(10-23(26)28)24(29)25-16-7-9-19-18-4-2-3-5-21(18)32-22(19)11-16/h2-9,11-12,15H,10,13H2,1H3,(H,25,29)/t15-/m0/s1. The molecule has 1 saturated heterocycles. The molecule has 1 atom stereocenters. The summed E-state index contributed by atoms with van der Waals surface area (Å²) in [6.07, 6.45) is 0.0421. The van der Waals surface area contributed by atoms with E-state index in [0.29, 0.717) is 22.5 Å². The topological polar surface area (TPSA) is 106 Å². The van der Waals surface area contributed by atoms with Crippen LogP contribution in [0.4, 0.5) is 17.1 Å². The summed E-state index contributed by atoms with van der Waals surface area (Å²) in [6, 6.07) is 17.8. The van der Waals surface area contributed by atoms with Gasteiger partial charge < -0.3 is 14.6 Å². The van der Waals surface area contributed by atoms with E-state index in [1.54, 1.807) is 31.2 Å². The van der Waals surface area contributed by atoms with Crippen LogP contribution in [0.5, 0.6) is 0 Å². The predicted molar refractivity (Wildman–Crippen MR) is 121 cm³/mol. The molecule has 1 aliphatic heterocycles. The normalized spacial score (nSPS) is 16.1. The molecule has 0 aliphatic carbocycles. The largest absolute Gasteiger partial charge is 0.456 e. The zero-order valence-corrected chi connectivity index (χ0v) is 17.2. The average molecular weight is 429 g/mol. The van der Waals surface area contributed by atoms with Crippen molar-refractivity contribution in [3.05, 3.63) is 76.3 Å². The molecule has 160 valence electrons. The Morgan fingerprint density at radius 1 is 1.09 bits per heavy atom. The molecule has 1 fully saturated rings. The molecule has 1 aliphatic rings. The number of anilines is 2. The van der Waals surface area contributed by atoms with Crippen LogP contribution in [0, 0.1) is 23.0 Å². The maximum absolute atomic E-state index is 12.8. The van der Waals surface area contributed by atoms with Crippen molar-refractivity contribution in [1.29, 1.82) is 0 Å². The Morgan fingerprint density at radius 2 is 1.88 bits per heavy atom. The van der Waals surface area contributed by atoms with Gasteiger partial charge in [-0.15, -0.1) is 0 Å². The number of nitro groups is 1. The van der Waals surface area contributed by atoms with Gasteiger partial charge in [-0.05, 0) is 31.2 Å². The van der Waals surface area contributed by atoms with E-state index in [1.165, 1.54) is 11.0 Å². The van der Waals surface area contributed by atoms with Crippen molar-refractivity contribution in [1.82, 2.24) is 0 Å². The number of nitro benzene ring substituents is 1. The lowest BCUT2D eigenvalue weighted by molar-refractivity contribution is -0.385.